The van der Waals surface area contributed by atoms with Gasteiger partial charge in [-0.3, -0.25) is 0 Å². The van der Waals surface area contributed by atoms with Gasteiger partial charge in [0.1, 0.15) is 0 Å². The number of aliphatic hydroxyl groups is 1. The fourth-order valence-electron chi connectivity index (χ4n) is 1.80. The molecule has 1 unspecified atom stereocenters. The summed E-state index contributed by atoms with van der Waals surface area (Å²) in [5, 5.41) is 9.83. The summed E-state index contributed by atoms with van der Waals surface area (Å²) in [5.41, 5.74) is 1.13. The van der Waals surface area contributed by atoms with Crippen molar-refractivity contribution in [1.82, 2.24) is 0 Å². The summed E-state index contributed by atoms with van der Waals surface area (Å²) in [7, 11) is 2.78. The molecule has 1 atom stereocenters. The summed E-state index contributed by atoms with van der Waals surface area (Å²) in [6.07, 6.45) is -1.39. The van der Waals surface area contributed by atoms with E-state index in [1.165, 1.54) is 7.11 Å². The lowest BCUT2D eigenvalue weighted by molar-refractivity contribution is -0.150. The minimum Gasteiger partial charge on any atom is -0.467 e. The first-order valence-electron chi connectivity index (χ1n) is 5.35. The van der Waals surface area contributed by atoms with Gasteiger partial charge in [0, 0.05) is 18.2 Å². The highest BCUT2D eigenvalue weighted by atomic mass is 16.7. The van der Waals surface area contributed by atoms with Crippen molar-refractivity contribution in [2.75, 3.05) is 21.0 Å². The largest absolute Gasteiger partial charge is 0.467 e. The maximum absolute atomic E-state index is 11.3. The number of rotatable bonds is 4. The summed E-state index contributed by atoms with van der Waals surface area (Å²) < 4.78 is 20.1. The van der Waals surface area contributed by atoms with Gasteiger partial charge in [-0.15, -0.1) is 0 Å². The molecule has 6 heteroatoms. The Bertz CT molecular complexity index is 456. The Hall–Kier alpha value is -1.79. The Balaban J connectivity index is 2.39. The molecular formula is C12H14O6. The monoisotopic (exact) mass is 254 g/mol. The molecule has 1 aromatic rings. The average Bonchev–Trinajstić information content (AvgIpc) is 2.87. The van der Waals surface area contributed by atoms with Crippen LogP contribution >= 0.6 is 0 Å². The van der Waals surface area contributed by atoms with E-state index in [9.17, 15) is 9.90 Å². The van der Waals surface area contributed by atoms with Crippen LogP contribution in [0.25, 0.3) is 0 Å². The Kier molecular flexibility index (Phi) is 3.69. The van der Waals surface area contributed by atoms with Crippen molar-refractivity contribution in [2.24, 2.45) is 0 Å². The van der Waals surface area contributed by atoms with Gasteiger partial charge in [-0.05, 0) is 0 Å². The molecule has 0 bridgehead atoms. The highest BCUT2D eigenvalue weighted by Crippen LogP contribution is 2.41. The minimum absolute atomic E-state index is 0.0525. The molecule has 1 aliphatic heterocycles. The molecular weight excluding hydrogens is 240 g/mol. The normalized spacial score (nSPS) is 14.4. The summed E-state index contributed by atoms with van der Waals surface area (Å²) in [6, 6.07) is 3.32. The predicted octanol–water partition coefficient (Wildman–Crippen LogP) is 0.768. The van der Waals surface area contributed by atoms with E-state index >= 15 is 0 Å². The molecule has 0 saturated heterocycles. The third-order valence-electron chi connectivity index (χ3n) is 2.65. The number of aliphatic hydroxyl groups excluding tert-OH is 1. The molecule has 0 fully saturated rings. The molecule has 0 aliphatic carbocycles. The zero-order valence-electron chi connectivity index (χ0n) is 10.1. The molecule has 0 radical (unpaired) electrons. The zero-order chi connectivity index (χ0) is 13.1. The lowest BCUT2D eigenvalue weighted by Gasteiger charge is -2.13. The van der Waals surface area contributed by atoms with E-state index in [1.807, 2.05) is 0 Å². The summed E-state index contributed by atoms with van der Waals surface area (Å²) >= 11 is 0. The van der Waals surface area contributed by atoms with Crippen LogP contribution in [0.5, 0.6) is 11.5 Å². The lowest BCUT2D eigenvalue weighted by atomic mass is 10.0. The number of benzene rings is 1. The number of methoxy groups -OCH3 is 2. The quantitative estimate of drug-likeness (QED) is 0.800. The molecule has 1 N–H and O–H groups in total. The number of hydrogen-bond donors (Lipinski definition) is 1. The van der Waals surface area contributed by atoms with Crippen LogP contribution in [-0.2, 0) is 20.9 Å². The van der Waals surface area contributed by atoms with Crippen molar-refractivity contribution in [3.8, 4) is 11.5 Å². The standard InChI is InChI=1S/C12H14O6/c1-15-5-7-3-4-8(9(13)12(14)16-2)11-10(7)17-6-18-11/h3-4,9,13H,5-6H2,1-2H3. The van der Waals surface area contributed by atoms with Crippen molar-refractivity contribution < 1.29 is 28.8 Å². The van der Waals surface area contributed by atoms with Crippen LogP contribution in [0.1, 0.15) is 17.2 Å². The maximum atomic E-state index is 11.3. The number of fused-ring (bicyclic) bond motifs is 1. The van der Waals surface area contributed by atoms with Gasteiger partial charge in [0.05, 0.1) is 13.7 Å². The Morgan fingerprint density at radius 1 is 1.39 bits per heavy atom. The molecule has 2 rings (SSSR count). The first-order chi connectivity index (χ1) is 8.69. The van der Waals surface area contributed by atoms with Crippen LogP contribution in [0.15, 0.2) is 12.1 Å². The first kappa shape index (κ1) is 12.7. The number of carbonyl (C=O) groups is 1. The van der Waals surface area contributed by atoms with Crippen LogP contribution in [0.3, 0.4) is 0 Å². The number of ether oxygens (including phenoxy) is 4. The van der Waals surface area contributed by atoms with E-state index in [1.54, 1.807) is 19.2 Å². The van der Waals surface area contributed by atoms with E-state index in [-0.39, 0.29) is 6.79 Å². The summed E-state index contributed by atoms with van der Waals surface area (Å²) in [4.78, 5) is 11.3. The predicted molar refractivity (Wildman–Crippen MR) is 60.3 cm³/mol. The summed E-state index contributed by atoms with van der Waals surface area (Å²) in [5.74, 6) is 0.118. The number of carbonyl (C=O) groups excluding carboxylic acids is 1. The van der Waals surface area contributed by atoms with Crippen molar-refractivity contribution in [3.63, 3.8) is 0 Å². The fraction of sp³-hybridized carbons (Fsp3) is 0.417. The molecule has 1 aromatic carbocycles. The maximum Gasteiger partial charge on any atom is 0.339 e. The fourth-order valence-corrected chi connectivity index (χ4v) is 1.80. The highest BCUT2D eigenvalue weighted by Gasteiger charge is 2.29. The van der Waals surface area contributed by atoms with Crippen LogP contribution in [0, 0.1) is 0 Å². The smallest absolute Gasteiger partial charge is 0.339 e. The number of hydrogen-bond acceptors (Lipinski definition) is 6. The highest BCUT2D eigenvalue weighted by molar-refractivity contribution is 5.78. The molecule has 0 spiro atoms. The Morgan fingerprint density at radius 3 is 2.78 bits per heavy atom. The van der Waals surface area contributed by atoms with Crippen LogP contribution in [0.4, 0.5) is 0 Å². The van der Waals surface area contributed by atoms with Gasteiger partial charge in [-0.1, -0.05) is 12.1 Å². The average molecular weight is 254 g/mol. The van der Waals surface area contributed by atoms with Gasteiger partial charge in [0.2, 0.25) is 6.79 Å². The second-order valence-electron chi connectivity index (χ2n) is 3.74. The lowest BCUT2D eigenvalue weighted by Crippen LogP contribution is -2.14. The van der Waals surface area contributed by atoms with Gasteiger partial charge in [-0.2, -0.15) is 0 Å². The zero-order valence-corrected chi connectivity index (χ0v) is 10.1. The van der Waals surface area contributed by atoms with Gasteiger partial charge in [0.15, 0.2) is 17.6 Å². The van der Waals surface area contributed by atoms with E-state index in [2.05, 4.69) is 4.74 Å². The molecule has 1 heterocycles. The number of esters is 1. The van der Waals surface area contributed by atoms with Crippen molar-refractivity contribution >= 4 is 5.97 Å². The van der Waals surface area contributed by atoms with E-state index in [0.29, 0.717) is 23.7 Å². The molecule has 98 valence electrons. The van der Waals surface area contributed by atoms with E-state index < -0.39 is 12.1 Å². The molecule has 6 nitrogen and oxygen atoms in total. The molecule has 0 aromatic heterocycles. The molecule has 18 heavy (non-hydrogen) atoms. The second kappa shape index (κ2) is 5.24. The summed E-state index contributed by atoms with van der Waals surface area (Å²) in [6.45, 7) is 0.414. The van der Waals surface area contributed by atoms with E-state index in [0.717, 1.165) is 5.56 Å². The van der Waals surface area contributed by atoms with Gasteiger partial charge >= 0.3 is 5.97 Å². The topological polar surface area (TPSA) is 74.2 Å². The van der Waals surface area contributed by atoms with Crippen molar-refractivity contribution in [1.29, 1.82) is 0 Å². The van der Waals surface area contributed by atoms with Crippen molar-refractivity contribution in [3.05, 3.63) is 23.3 Å². The minimum atomic E-state index is -1.39. The van der Waals surface area contributed by atoms with Gasteiger partial charge in [-0.25, -0.2) is 4.79 Å². The van der Waals surface area contributed by atoms with Gasteiger partial charge in [0.25, 0.3) is 0 Å². The van der Waals surface area contributed by atoms with Crippen LogP contribution in [0.2, 0.25) is 0 Å². The van der Waals surface area contributed by atoms with E-state index in [4.69, 9.17) is 14.2 Å². The molecule has 0 saturated carbocycles. The van der Waals surface area contributed by atoms with Crippen molar-refractivity contribution in [2.45, 2.75) is 12.7 Å². The third kappa shape index (κ3) is 2.12. The third-order valence-corrected chi connectivity index (χ3v) is 2.65. The SMILES string of the molecule is COCc1ccc(C(O)C(=O)OC)c2c1OCO2. The van der Waals surface area contributed by atoms with Crippen LogP contribution in [-0.4, -0.2) is 32.1 Å². The van der Waals surface area contributed by atoms with Gasteiger partial charge < -0.3 is 24.1 Å². The molecule has 0 amide bonds. The Morgan fingerprint density at radius 2 is 2.11 bits per heavy atom. The molecule has 1 aliphatic rings. The first-order valence-corrected chi connectivity index (χ1v) is 5.35. The Labute approximate surface area is 104 Å². The second-order valence-corrected chi connectivity index (χ2v) is 3.74. The van der Waals surface area contributed by atoms with Crippen LogP contribution < -0.4 is 9.47 Å².